The number of halogens is 1. The molecule has 0 bridgehead atoms. The van der Waals surface area contributed by atoms with Crippen molar-refractivity contribution in [1.82, 2.24) is 5.32 Å². The summed E-state index contributed by atoms with van der Waals surface area (Å²) in [5.41, 5.74) is 1.11. The first-order chi connectivity index (χ1) is 9.69. The fourth-order valence-electron chi connectivity index (χ4n) is 2.48. The molecule has 0 aromatic heterocycles. The monoisotopic (exact) mass is 296 g/mol. The lowest BCUT2D eigenvalue weighted by Gasteiger charge is -2.19. The van der Waals surface area contributed by atoms with Crippen molar-refractivity contribution in [3.63, 3.8) is 0 Å². The molecule has 1 aliphatic heterocycles. The molecule has 0 radical (unpaired) electrons. The number of benzene rings is 1. The third-order valence-corrected chi connectivity index (χ3v) is 3.77. The van der Waals surface area contributed by atoms with Crippen molar-refractivity contribution in [1.29, 1.82) is 0 Å². The number of aliphatic hydroxyl groups excluding tert-OH is 1. The lowest BCUT2D eigenvalue weighted by atomic mass is 10.2. The maximum atomic E-state index is 11.7. The molecule has 0 aliphatic carbocycles. The smallest absolute Gasteiger partial charge is 0.220 e. The molecule has 1 aromatic rings. The van der Waals surface area contributed by atoms with E-state index >= 15 is 0 Å². The first-order valence-electron chi connectivity index (χ1n) is 7.10. The normalized spacial score (nSPS) is 18.3. The van der Waals surface area contributed by atoms with Crippen LogP contribution in [0, 0.1) is 0 Å². The maximum absolute atomic E-state index is 11.7. The van der Waals surface area contributed by atoms with Gasteiger partial charge in [0.25, 0.3) is 0 Å². The molecule has 0 unspecified atom stereocenters. The molecule has 0 saturated carbocycles. The average molecular weight is 297 g/mol. The zero-order valence-corrected chi connectivity index (χ0v) is 12.3. The summed E-state index contributed by atoms with van der Waals surface area (Å²) in [4.78, 5) is 14.0. The number of hydrogen-bond donors (Lipinski definition) is 2. The molecule has 4 nitrogen and oxygen atoms in total. The maximum Gasteiger partial charge on any atom is 0.220 e. The Bertz CT molecular complexity index is 453. The highest BCUT2D eigenvalue weighted by atomic mass is 35.5. The fraction of sp³-hybridized carbons (Fsp3) is 0.533. The Morgan fingerprint density at radius 3 is 3.05 bits per heavy atom. The molecule has 110 valence electrons. The number of anilines is 1. The van der Waals surface area contributed by atoms with Gasteiger partial charge >= 0.3 is 0 Å². The van der Waals surface area contributed by atoms with Crippen LogP contribution >= 0.6 is 11.6 Å². The van der Waals surface area contributed by atoms with Gasteiger partial charge in [0.1, 0.15) is 0 Å². The van der Waals surface area contributed by atoms with Crippen molar-refractivity contribution in [2.45, 2.75) is 31.7 Å². The second-order valence-electron chi connectivity index (χ2n) is 5.16. The van der Waals surface area contributed by atoms with Gasteiger partial charge in [0, 0.05) is 42.9 Å². The van der Waals surface area contributed by atoms with Crippen molar-refractivity contribution in [2.75, 3.05) is 24.6 Å². The number of nitrogens with zero attached hydrogens (tertiary/aromatic N) is 1. The van der Waals surface area contributed by atoms with Crippen LogP contribution in [0.2, 0.25) is 5.02 Å². The highest BCUT2D eigenvalue weighted by Crippen LogP contribution is 2.23. The van der Waals surface area contributed by atoms with Gasteiger partial charge in [0.05, 0.1) is 0 Å². The van der Waals surface area contributed by atoms with E-state index in [0.717, 1.165) is 36.6 Å². The summed E-state index contributed by atoms with van der Waals surface area (Å²) in [6.07, 6.45) is 2.88. The van der Waals surface area contributed by atoms with E-state index in [1.807, 2.05) is 24.3 Å². The van der Waals surface area contributed by atoms with Gasteiger partial charge in [-0.1, -0.05) is 17.7 Å². The van der Waals surface area contributed by atoms with Crippen LogP contribution in [0.3, 0.4) is 0 Å². The van der Waals surface area contributed by atoms with Crippen LogP contribution < -0.4 is 10.2 Å². The van der Waals surface area contributed by atoms with Crippen LogP contribution in [0.4, 0.5) is 5.69 Å². The van der Waals surface area contributed by atoms with E-state index in [1.54, 1.807) is 0 Å². The summed E-state index contributed by atoms with van der Waals surface area (Å²) >= 11 is 6.00. The summed E-state index contributed by atoms with van der Waals surface area (Å²) in [7, 11) is 0. The van der Waals surface area contributed by atoms with Gasteiger partial charge in [0.2, 0.25) is 5.91 Å². The molecule has 1 aliphatic rings. The number of nitrogens with one attached hydrogen (secondary N) is 1. The third kappa shape index (κ3) is 4.39. The Balaban J connectivity index is 1.79. The third-order valence-electron chi connectivity index (χ3n) is 3.54. The molecular weight excluding hydrogens is 276 g/mol. The van der Waals surface area contributed by atoms with Crippen molar-refractivity contribution in [3.8, 4) is 0 Å². The summed E-state index contributed by atoms with van der Waals surface area (Å²) in [5.74, 6) is 0.0800. The molecule has 5 heteroatoms. The molecule has 20 heavy (non-hydrogen) atoms. The van der Waals surface area contributed by atoms with E-state index in [4.69, 9.17) is 16.7 Å². The largest absolute Gasteiger partial charge is 0.396 e. The molecule has 1 saturated heterocycles. The van der Waals surface area contributed by atoms with E-state index in [0.29, 0.717) is 12.8 Å². The van der Waals surface area contributed by atoms with E-state index in [2.05, 4.69) is 10.2 Å². The summed E-state index contributed by atoms with van der Waals surface area (Å²) in [6, 6.07) is 8.00. The van der Waals surface area contributed by atoms with E-state index in [-0.39, 0.29) is 18.6 Å². The van der Waals surface area contributed by atoms with E-state index < -0.39 is 0 Å². The van der Waals surface area contributed by atoms with Gasteiger partial charge in [-0.3, -0.25) is 4.79 Å². The molecule has 1 fully saturated rings. The van der Waals surface area contributed by atoms with Crippen LogP contribution in [0.15, 0.2) is 24.3 Å². The van der Waals surface area contributed by atoms with Crippen molar-refractivity contribution >= 4 is 23.2 Å². The minimum atomic E-state index is 0.0800. The number of carbonyl (C=O) groups excluding carboxylic acids is 1. The minimum Gasteiger partial charge on any atom is -0.396 e. The standard InChI is InChI=1S/C15H21ClN2O2/c16-12-4-3-5-14(10-12)18-8-7-13(11-18)17-15(20)6-1-2-9-19/h3-5,10,13,19H,1-2,6-9,11H2,(H,17,20)/t13-/m0/s1. The molecule has 2 N–H and O–H groups in total. The number of rotatable bonds is 6. The van der Waals surface area contributed by atoms with Gasteiger partial charge in [-0.25, -0.2) is 0 Å². The first-order valence-corrected chi connectivity index (χ1v) is 7.47. The molecule has 1 heterocycles. The van der Waals surface area contributed by atoms with Crippen LogP contribution in [0.1, 0.15) is 25.7 Å². The molecular formula is C15H21ClN2O2. The predicted molar refractivity (Wildman–Crippen MR) is 81.1 cm³/mol. The summed E-state index contributed by atoms with van der Waals surface area (Å²) in [6.45, 7) is 1.91. The number of amides is 1. The summed E-state index contributed by atoms with van der Waals surface area (Å²) < 4.78 is 0. The number of hydrogen-bond acceptors (Lipinski definition) is 3. The van der Waals surface area contributed by atoms with E-state index in [9.17, 15) is 4.79 Å². The van der Waals surface area contributed by atoms with E-state index in [1.165, 1.54) is 0 Å². The van der Waals surface area contributed by atoms with Crippen molar-refractivity contribution < 1.29 is 9.90 Å². The lowest BCUT2D eigenvalue weighted by Crippen LogP contribution is -2.37. The Labute approximate surface area is 124 Å². The Morgan fingerprint density at radius 1 is 1.45 bits per heavy atom. The van der Waals surface area contributed by atoms with Crippen molar-refractivity contribution in [2.24, 2.45) is 0 Å². The molecule has 2 rings (SSSR count). The molecule has 1 aromatic carbocycles. The zero-order valence-electron chi connectivity index (χ0n) is 11.5. The highest BCUT2D eigenvalue weighted by molar-refractivity contribution is 6.30. The molecule has 0 spiro atoms. The van der Waals surface area contributed by atoms with Gasteiger partial charge in [-0.15, -0.1) is 0 Å². The number of carbonyl (C=O) groups is 1. The Morgan fingerprint density at radius 2 is 2.30 bits per heavy atom. The fourth-order valence-corrected chi connectivity index (χ4v) is 2.67. The van der Waals surface area contributed by atoms with Crippen LogP contribution in [0.25, 0.3) is 0 Å². The average Bonchev–Trinajstić information content (AvgIpc) is 2.87. The van der Waals surface area contributed by atoms with Gasteiger partial charge < -0.3 is 15.3 Å². The first kappa shape index (κ1) is 15.1. The topological polar surface area (TPSA) is 52.6 Å². The van der Waals surface area contributed by atoms with Crippen LogP contribution in [0.5, 0.6) is 0 Å². The quantitative estimate of drug-likeness (QED) is 0.791. The van der Waals surface area contributed by atoms with Crippen LogP contribution in [-0.4, -0.2) is 36.8 Å². The predicted octanol–water partition coefficient (Wildman–Crippen LogP) is 2.20. The number of aliphatic hydroxyl groups is 1. The zero-order chi connectivity index (χ0) is 14.4. The second-order valence-corrected chi connectivity index (χ2v) is 5.60. The SMILES string of the molecule is O=C(CCCCO)N[C@H]1CCN(c2cccc(Cl)c2)C1. The highest BCUT2D eigenvalue weighted by Gasteiger charge is 2.23. The molecule has 1 amide bonds. The second kappa shape index (κ2) is 7.50. The Kier molecular flexibility index (Phi) is 5.68. The van der Waals surface area contributed by atoms with Gasteiger partial charge in [0.15, 0.2) is 0 Å². The Hall–Kier alpha value is -1.26. The van der Waals surface area contributed by atoms with Crippen molar-refractivity contribution in [3.05, 3.63) is 29.3 Å². The van der Waals surface area contributed by atoms with Gasteiger partial charge in [-0.2, -0.15) is 0 Å². The lowest BCUT2D eigenvalue weighted by molar-refractivity contribution is -0.121. The van der Waals surface area contributed by atoms with Gasteiger partial charge in [-0.05, 0) is 37.5 Å². The number of unbranched alkanes of at least 4 members (excludes halogenated alkanes) is 1. The molecule has 1 atom stereocenters. The van der Waals surface area contributed by atoms with Crippen LogP contribution in [-0.2, 0) is 4.79 Å². The summed E-state index contributed by atoms with van der Waals surface area (Å²) in [5, 5.41) is 12.5. The minimum absolute atomic E-state index is 0.0800.